The molecule has 0 saturated carbocycles. The lowest BCUT2D eigenvalue weighted by Gasteiger charge is -2.51. The zero-order valence-electron chi connectivity index (χ0n) is 16.9. The van der Waals surface area contributed by atoms with E-state index in [4.69, 9.17) is 0 Å². The van der Waals surface area contributed by atoms with E-state index >= 15 is 4.39 Å². The van der Waals surface area contributed by atoms with Gasteiger partial charge in [-0.25, -0.2) is 8.78 Å². The summed E-state index contributed by atoms with van der Waals surface area (Å²) < 4.78 is 29.9. The highest BCUT2D eigenvalue weighted by Crippen LogP contribution is 2.50. The Labute approximate surface area is 166 Å². The van der Waals surface area contributed by atoms with Crippen LogP contribution >= 0.6 is 0 Å². The van der Waals surface area contributed by atoms with E-state index in [2.05, 4.69) is 6.07 Å². The fraction of sp³-hybridized carbons (Fsp3) is 0.458. The van der Waals surface area contributed by atoms with Gasteiger partial charge in [-0.05, 0) is 35.6 Å². The number of nitriles is 1. The Morgan fingerprint density at radius 1 is 1.14 bits per heavy atom. The van der Waals surface area contributed by atoms with Crippen molar-refractivity contribution in [2.24, 2.45) is 10.8 Å². The molecule has 2 unspecified atom stereocenters. The van der Waals surface area contributed by atoms with Crippen molar-refractivity contribution in [1.82, 2.24) is 4.90 Å². The number of rotatable bonds is 4. The number of hydrogen-bond acceptors (Lipinski definition) is 2. The summed E-state index contributed by atoms with van der Waals surface area (Å²) in [6.45, 7) is 7.31. The number of nitrogens with zero attached hydrogens (tertiary/aromatic N) is 2. The molecule has 1 saturated heterocycles. The Kier molecular flexibility index (Phi) is 5.86. The molecule has 2 nitrogen and oxygen atoms in total. The fourth-order valence-electron chi connectivity index (χ4n) is 4.33. The lowest BCUT2D eigenvalue weighted by atomic mass is 9.59. The van der Waals surface area contributed by atoms with Crippen LogP contribution in [0.3, 0.4) is 0 Å². The summed E-state index contributed by atoms with van der Waals surface area (Å²) >= 11 is 0. The summed E-state index contributed by atoms with van der Waals surface area (Å²) in [5.41, 5.74) is 1.45. The minimum absolute atomic E-state index is 0.214. The van der Waals surface area contributed by atoms with Gasteiger partial charge in [0.15, 0.2) is 0 Å². The molecule has 1 aliphatic heterocycles. The number of alkyl halides is 1. The van der Waals surface area contributed by atoms with Crippen LogP contribution in [0.15, 0.2) is 48.5 Å². The van der Waals surface area contributed by atoms with Gasteiger partial charge in [0, 0.05) is 30.5 Å². The van der Waals surface area contributed by atoms with E-state index in [0.717, 1.165) is 11.1 Å². The molecule has 0 aromatic heterocycles. The van der Waals surface area contributed by atoms with Crippen LogP contribution < -0.4 is 0 Å². The summed E-state index contributed by atoms with van der Waals surface area (Å²) in [5.74, 6) is -0.263. The lowest BCUT2D eigenvalue weighted by molar-refractivity contribution is -0.0662. The Bertz CT molecular complexity index is 851. The number of piperidine rings is 1. The van der Waals surface area contributed by atoms with E-state index in [1.807, 2.05) is 62.1 Å². The first kappa shape index (κ1) is 20.5. The second-order valence-electron chi connectivity index (χ2n) is 8.87. The molecule has 28 heavy (non-hydrogen) atoms. The largest absolute Gasteiger partial charge is 0.296 e. The van der Waals surface area contributed by atoms with Gasteiger partial charge in [-0.15, -0.1) is 0 Å². The van der Waals surface area contributed by atoms with Gasteiger partial charge >= 0.3 is 0 Å². The summed E-state index contributed by atoms with van der Waals surface area (Å²) in [5, 5.41) is 9.24. The van der Waals surface area contributed by atoms with Crippen LogP contribution in [-0.4, -0.2) is 24.2 Å². The SMILES string of the molecule is CC(C)(C)C1(CC#N)CCN(Cc2ccc(-c3ccccc3)cc2F)CC1F. The van der Waals surface area contributed by atoms with Crippen molar-refractivity contribution in [3.63, 3.8) is 0 Å². The molecule has 148 valence electrons. The third-order valence-corrected chi connectivity index (χ3v) is 6.33. The Hall–Kier alpha value is -2.25. The molecule has 4 heteroatoms. The maximum Gasteiger partial charge on any atom is 0.128 e. The van der Waals surface area contributed by atoms with Crippen LogP contribution in [0.25, 0.3) is 11.1 Å². The Balaban J connectivity index is 1.73. The quantitative estimate of drug-likeness (QED) is 0.650. The first-order chi connectivity index (χ1) is 13.3. The van der Waals surface area contributed by atoms with Crippen LogP contribution in [0.1, 0.15) is 39.2 Å². The van der Waals surface area contributed by atoms with Gasteiger partial charge < -0.3 is 0 Å². The van der Waals surface area contributed by atoms with Gasteiger partial charge in [-0.2, -0.15) is 5.26 Å². The molecular weight excluding hydrogens is 354 g/mol. The van der Waals surface area contributed by atoms with E-state index < -0.39 is 11.6 Å². The summed E-state index contributed by atoms with van der Waals surface area (Å²) in [6, 6.07) is 17.2. The van der Waals surface area contributed by atoms with E-state index in [1.54, 1.807) is 12.1 Å². The van der Waals surface area contributed by atoms with Gasteiger partial charge in [0.05, 0.1) is 6.07 Å². The minimum Gasteiger partial charge on any atom is -0.296 e. The number of benzene rings is 2. The smallest absolute Gasteiger partial charge is 0.128 e. The Morgan fingerprint density at radius 3 is 2.43 bits per heavy atom. The zero-order valence-corrected chi connectivity index (χ0v) is 16.9. The predicted molar refractivity (Wildman–Crippen MR) is 109 cm³/mol. The molecule has 0 radical (unpaired) electrons. The molecule has 0 amide bonds. The van der Waals surface area contributed by atoms with Crippen LogP contribution in [0.5, 0.6) is 0 Å². The summed E-state index contributed by atoms with van der Waals surface area (Å²) in [6.07, 6.45) is -0.284. The van der Waals surface area contributed by atoms with Gasteiger partial charge in [0.25, 0.3) is 0 Å². The minimum atomic E-state index is -1.10. The highest BCUT2D eigenvalue weighted by atomic mass is 19.1. The first-order valence-corrected chi connectivity index (χ1v) is 9.84. The lowest BCUT2D eigenvalue weighted by Crippen LogP contribution is -2.54. The summed E-state index contributed by atoms with van der Waals surface area (Å²) in [4.78, 5) is 1.96. The number of hydrogen-bond donors (Lipinski definition) is 0. The van der Waals surface area contributed by atoms with E-state index in [9.17, 15) is 9.65 Å². The number of likely N-dealkylation sites (tertiary alicyclic amines) is 1. The first-order valence-electron chi connectivity index (χ1n) is 9.84. The van der Waals surface area contributed by atoms with Crippen molar-refractivity contribution >= 4 is 0 Å². The molecule has 0 N–H and O–H groups in total. The normalized spacial score (nSPS) is 23.4. The van der Waals surface area contributed by atoms with Gasteiger partial charge in [-0.1, -0.05) is 63.2 Å². The van der Waals surface area contributed by atoms with Gasteiger partial charge in [0.2, 0.25) is 0 Å². The van der Waals surface area contributed by atoms with Crippen molar-refractivity contribution in [1.29, 1.82) is 5.26 Å². The molecule has 1 aliphatic rings. The molecule has 2 atom stereocenters. The van der Waals surface area contributed by atoms with Crippen LogP contribution in [-0.2, 0) is 6.54 Å². The monoisotopic (exact) mass is 382 g/mol. The molecule has 1 heterocycles. The van der Waals surface area contributed by atoms with Crippen molar-refractivity contribution < 1.29 is 8.78 Å². The topological polar surface area (TPSA) is 27.0 Å². The molecule has 0 spiro atoms. The second-order valence-corrected chi connectivity index (χ2v) is 8.87. The third kappa shape index (κ3) is 3.95. The third-order valence-electron chi connectivity index (χ3n) is 6.33. The van der Waals surface area contributed by atoms with Crippen LogP contribution in [0.2, 0.25) is 0 Å². The molecular formula is C24H28F2N2. The molecule has 3 rings (SSSR count). The fourth-order valence-corrected chi connectivity index (χ4v) is 4.33. The second kappa shape index (κ2) is 8.01. The maximum absolute atomic E-state index is 15.2. The average Bonchev–Trinajstić information content (AvgIpc) is 2.65. The predicted octanol–water partition coefficient (Wildman–Crippen LogP) is 5.98. The van der Waals surface area contributed by atoms with Gasteiger partial charge in [-0.3, -0.25) is 4.90 Å². The highest BCUT2D eigenvalue weighted by Gasteiger charge is 2.51. The van der Waals surface area contributed by atoms with Crippen molar-refractivity contribution in [3.8, 4) is 17.2 Å². The molecule has 0 bridgehead atoms. The van der Waals surface area contributed by atoms with Crippen molar-refractivity contribution in [2.45, 2.75) is 46.3 Å². The van der Waals surface area contributed by atoms with Crippen LogP contribution in [0, 0.1) is 28.0 Å². The molecule has 2 aromatic carbocycles. The zero-order chi connectivity index (χ0) is 20.4. The summed E-state index contributed by atoms with van der Waals surface area (Å²) in [7, 11) is 0. The van der Waals surface area contributed by atoms with Gasteiger partial charge in [0.1, 0.15) is 12.0 Å². The highest BCUT2D eigenvalue weighted by molar-refractivity contribution is 5.63. The van der Waals surface area contributed by atoms with E-state index in [1.165, 1.54) is 0 Å². The van der Waals surface area contributed by atoms with Crippen molar-refractivity contribution in [2.75, 3.05) is 13.1 Å². The molecule has 0 aliphatic carbocycles. The maximum atomic E-state index is 15.2. The standard InChI is InChI=1S/C24H28F2N2/c1-23(2,3)24(11-13-27)12-14-28(17-22(24)26)16-20-10-9-19(15-21(20)25)18-7-5-4-6-8-18/h4-10,15,22H,11-12,14,16-17H2,1-3H3. The molecule has 1 fully saturated rings. The average molecular weight is 382 g/mol. The van der Waals surface area contributed by atoms with E-state index in [0.29, 0.717) is 25.1 Å². The number of halogens is 2. The Morgan fingerprint density at radius 2 is 1.86 bits per heavy atom. The van der Waals surface area contributed by atoms with Crippen molar-refractivity contribution in [3.05, 3.63) is 59.9 Å². The van der Waals surface area contributed by atoms with Crippen LogP contribution in [0.4, 0.5) is 8.78 Å². The van der Waals surface area contributed by atoms with E-state index in [-0.39, 0.29) is 24.2 Å². The molecule has 2 aromatic rings.